The molecular weight excluding hydrogens is 379 g/mol. The largest absolute Gasteiger partial charge is 0.573 e. The maximum Gasteiger partial charge on any atom is 0.573 e. The number of aromatic nitrogens is 4. The number of ether oxygens (including phenoxy) is 2. The summed E-state index contributed by atoms with van der Waals surface area (Å²) in [5.74, 6) is -0.368. The Morgan fingerprint density at radius 1 is 1.25 bits per heavy atom. The Balaban J connectivity index is 1.59. The number of H-pyrrole nitrogens is 1. The van der Waals surface area contributed by atoms with Crippen LogP contribution in [0.2, 0.25) is 0 Å². The molecule has 1 aliphatic rings. The van der Waals surface area contributed by atoms with Gasteiger partial charge in [0.1, 0.15) is 5.75 Å². The number of benzene rings is 1. The normalized spacial score (nSPS) is 14.1. The molecule has 0 spiro atoms. The molecule has 0 unspecified atom stereocenters. The van der Waals surface area contributed by atoms with Crippen LogP contribution in [-0.4, -0.2) is 51.2 Å². The molecule has 1 aliphatic heterocycles. The van der Waals surface area contributed by atoms with E-state index >= 15 is 0 Å². The second kappa shape index (κ2) is 6.66. The maximum absolute atomic E-state index is 12.9. The molecule has 0 bridgehead atoms. The molecule has 0 radical (unpaired) electrons. The van der Waals surface area contributed by atoms with Gasteiger partial charge in [-0.3, -0.25) is 9.89 Å². The van der Waals surface area contributed by atoms with E-state index < -0.39 is 6.36 Å². The van der Waals surface area contributed by atoms with Gasteiger partial charge in [0.05, 0.1) is 18.3 Å². The minimum atomic E-state index is -4.79. The van der Waals surface area contributed by atoms with Crippen LogP contribution >= 0.6 is 0 Å². The average molecular weight is 393 g/mol. The predicted octanol–water partition coefficient (Wildman–Crippen LogP) is 2.46. The number of aromatic amines is 1. The summed E-state index contributed by atoms with van der Waals surface area (Å²) in [4.78, 5) is 14.5. The van der Waals surface area contributed by atoms with E-state index in [0.29, 0.717) is 30.8 Å². The fraction of sp³-hybridized carbons (Fsp3) is 0.294. The molecule has 1 N–H and O–H groups in total. The monoisotopic (exact) mass is 393 g/mol. The van der Waals surface area contributed by atoms with Gasteiger partial charge in [0.15, 0.2) is 5.69 Å². The lowest BCUT2D eigenvalue weighted by molar-refractivity contribution is -0.274. The number of nitrogens with one attached hydrogen (secondary N) is 1. The molecule has 4 rings (SSSR count). The van der Waals surface area contributed by atoms with E-state index in [0.717, 1.165) is 23.4 Å². The Hall–Kier alpha value is -3.37. The first-order valence-corrected chi connectivity index (χ1v) is 8.26. The third-order valence-electron chi connectivity index (χ3n) is 4.38. The van der Waals surface area contributed by atoms with Crippen molar-refractivity contribution in [2.75, 3.05) is 13.7 Å². The van der Waals surface area contributed by atoms with Crippen molar-refractivity contribution in [3.63, 3.8) is 0 Å². The number of carbonyl (C=O) groups excluding carboxylic acids is 1. The Morgan fingerprint density at radius 3 is 2.82 bits per heavy atom. The summed E-state index contributed by atoms with van der Waals surface area (Å²) in [7, 11) is 1.48. The molecule has 0 saturated carbocycles. The highest BCUT2D eigenvalue weighted by Crippen LogP contribution is 2.28. The lowest BCUT2D eigenvalue weighted by Crippen LogP contribution is -2.36. The van der Waals surface area contributed by atoms with Crippen molar-refractivity contribution in [2.24, 2.45) is 0 Å². The van der Waals surface area contributed by atoms with E-state index in [4.69, 9.17) is 4.74 Å². The second-order valence-electron chi connectivity index (χ2n) is 6.16. The van der Waals surface area contributed by atoms with Gasteiger partial charge >= 0.3 is 6.36 Å². The lowest BCUT2D eigenvalue weighted by atomic mass is 10.1. The Labute approximate surface area is 156 Å². The van der Waals surface area contributed by atoms with Crippen molar-refractivity contribution in [3.05, 3.63) is 41.2 Å². The summed E-state index contributed by atoms with van der Waals surface area (Å²) < 4.78 is 46.1. The highest BCUT2D eigenvalue weighted by atomic mass is 19.4. The molecule has 146 valence electrons. The zero-order chi connectivity index (χ0) is 19.9. The SMILES string of the molecule is COc1cc2c(nn1)CCN(C(=O)c1n[nH]c3cc(OC(F)(F)F)ccc13)C2. The van der Waals surface area contributed by atoms with E-state index in [1.54, 1.807) is 11.0 Å². The van der Waals surface area contributed by atoms with Gasteiger partial charge in [-0.2, -0.15) is 10.2 Å². The quantitative estimate of drug-likeness (QED) is 0.735. The standard InChI is InChI=1S/C17H14F3N5O3/c1-27-14-6-9-8-25(5-4-12(9)21-23-14)16(26)15-11-3-2-10(28-17(18,19)20)7-13(11)22-24-15/h2-3,6-7H,4-5,8H2,1H3,(H,22,24). The molecule has 3 heterocycles. The first kappa shape index (κ1) is 18.0. The third-order valence-corrected chi connectivity index (χ3v) is 4.38. The second-order valence-corrected chi connectivity index (χ2v) is 6.16. The molecule has 1 amide bonds. The molecule has 1 aromatic carbocycles. The number of halogens is 3. The number of fused-ring (bicyclic) bond motifs is 2. The fourth-order valence-electron chi connectivity index (χ4n) is 3.09. The topological polar surface area (TPSA) is 93.2 Å². The van der Waals surface area contributed by atoms with E-state index in [2.05, 4.69) is 25.1 Å². The smallest absolute Gasteiger partial charge is 0.480 e. The van der Waals surface area contributed by atoms with Gasteiger partial charge in [-0.25, -0.2) is 0 Å². The van der Waals surface area contributed by atoms with Gasteiger partial charge in [-0.1, -0.05) is 0 Å². The summed E-state index contributed by atoms with van der Waals surface area (Å²) in [5, 5.41) is 15.0. The number of rotatable bonds is 3. The Kier molecular flexibility index (Phi) is 4.28. The summed E-state index contributed by atoms with van der Waals surface area (Å²) in [6.07, 6.45) is -4.26. The van der Waals surface area contributed by atoms with Gasteiger partial charge in [-0.15, -0.1) is 18.3 Å². The molecule has 0 atom stereocenters. The van der Waals surface area contributed by atoms with Gasteiger partial charge in [-0.05, 0) is 12.1 Å². The van der Waals surface area contributed by atoms with Crippen molar-refractivity contribution >= 4 is 16.8 Å². The first-order chi connectivity index (χ1) is 13.3. The molecule has 11 heteroatoms. The summed E-state index contributed by atoms with van der Waals surface area (Å²) >= 11 is 0. The van der Waals surface area contributed by atoms with Crippen LogP contribution in [0.5, 0.6) is 11.6 Å². The first-order valence-electron chi connectivity index (χ1n) is 8.26. The predicted molar refractivity (Wildman–Crippen MR) is 89.8 cm³/mol. The van der Waals surface area contributed by atoms with E-state index in [-0.39, 0.29) is 22.9 Å². The number of carbonyl (C=O) groups is 1. The van der Waals surface area contributed by atoms with Crippen LogP contribution in [-0.2, 0) is 13.0 Å². The fourth-order valence-corrected chi connectivity index (χ4v) is 3.09. The van der Waals surface area contributed by atoms with Crippen LogP contribution < -0.4 is 9.47 Å². The number of amides is 1. The molecule has 2 aromatic heterocycles. The Bertz CT molecular complexity index is 1050. The number of hydrogen-bond donors (Lipinski definition) is 1. The maximum atomic E-state index is 12.9. The van der Waals surface area contributed by atoms with Gasteiger partial charge < -0.3 is 14.4 Å². The van der Waals surface area contributed by atoms with Crippen LogP contribution in [0.25, 0.3) is 10.9 Å². The molecule has 0 saturated heterocycles. The molecule has 0 fully saturated rings. The highest BCUT2D eigenvalue weighted by Gasteiger charge is 2.31. The van der Waals surface area contributed by atoms with Gasteiger partial charge in [0.2, 0.25) is 5.88 Å². The highest BCUT2D eigenvalue weighted by molar-refractivity contribution is 6.04. The zero-order valence-corrected chi connectivity index (χ0v) is 14.6. The van der Waals surface area contributed by atoms with Crippen LogP contribution in [0.1, 0.15) is 21.7 Å². The summed E-state index contributed by atoms with van der Waals surface area (Å²) in [6, 6.07) is 5.40. The molecule has 28 heavy (non-hydrogen) atoms. The number of nitrogens with zero attached hydrogens (tertiary/aromatic N) is 4. The molecule has 3 aromatic rings. The van der Waals surface area contributed by atoms with E-state index in [9.17, 15) is 18.0 Å². The minimum absolute atomic E-state index is 0.131. The van der Waals surface area contributed by atoms with Crippen molar-refractivity contribution < 1.29 is 27.4 Å². The minimum Gasteiger partial charge on any atom is -0.480 e. The van der Waals surface area contributed by atoms with Crippen LogP contribution in [0.4, 0.5) is 13.2 Å². The zero-order valence-electron chi connectivity index (χ0n) is 14.6. The van der Waals surface area contributed by atoms with Gasteiger partial charge in [0, 0.05) is 42.6 Å². The van der Waals surface area contributed by atoms with Crippen molar-refractivity contribution in [2.45, 2.75) is 19.3 Å². The van der Waals surface area contributed by atoms with Crippen molar-refractivity contribution in [3.8, 4) is 11.6 Å². The average Bonchev–Trinajstić information content (AvgIpc) is 3.08. The molecule has 0 aliphatic carbocycles. The van der Waals surface area contributed by atoms with E-state index in [1.165, 1.54) is 13.2 Å². The number of hydrogen-bond acceptors (Lipinski definition) is 6. The molecular formula is C17H14F3N5O3. The van der Waals surface area contributed by atoms with Crippen molar-refractivity contribution in [1.29, 1.82) is 0 Å². The number of alkyl halides is 3. The summed E-state index contributed by atoms with van der Waals surface area (Å²) in [6.45, 7) is 0.736. The van der Waals surface area contributed by atoms with Crippen molar-refractivity contribution in [1.82, 2.24) is 25.3 Å². The Morgan fingerprint density at radius 2 is 2.07 bits per heavy atom. The lowest BCUT2D eigenvalue weighted by Gasteiger charge is -2.27. The number of methoxy groups -OCH3 is 1. The van der Waals surface area contributed by atoms with Crippen LogP contribution in [0, 0.1) is 0 Å². The molecule has 8 nitrogen and oxygen atoms in total. The third kappa shape index (κ3) is 3.42. The van der Waals surface area contributed by atoms with Gasteiger partial charge in [0.25, 0.3) is 5.91 Å². The van der Waals surface area contributed by atoms with E-state index in [1.807, 2.05) is 0 Å². The summed E-state index contributed by atoms with van der Waals surface area (Å²) in [5.41, 5.74) is 2.03. The van der Waals surface area contributed by atoms with Crippen LogP contribution in [0.3, 0.4) is 0 Å². The van der Waals surface area contributed by atoms with Crippen LogP contribution in [0.15, 0.2) is 24.3 Å².